The molecule has 1 aliphatic rings. The lowest BCUT2D eigenvalue weighted by atomic mass is 10.1. The van der Waals surface area contributed by atoms with Gasteiger partial charge < -0.3 is 0 Å². The molecule has 7 nitrogen and oxygen atoms in total. The Balaban J connectivity index is 1.74. The molecule has 1 fully saturated rings. The van der Waals surface area contributed by atoms with Crippen molar-refractivity contribution in [1.82, 2.24) is 24.7 Å². The standard InChI is InChI=1S/C18H27N5O2S2/c1-3-5-6-15-7-9-16(10-8-15)23-18(26)22(19-20-23)14-21(4-2)17-11-12-27(24,25)13-17/h7-10,17H,3-6,11-14H2,1-2H3/t17-/m1/s1. The van der Waals surface area contributed by atoms with Gasteiger partial charge in [0.05, 0.1) is 23.9 Å². The summed E-state index contributed by atoms with van der Waals surface area (Å²) in [7, 11) is -2.92. The molecule has 0 saturated carbocycles. The van der Waals surface area contributed by atoms with Gasteiger partial charge in [-0.3, -0.25) is 4.90 Å². The number of unbranched alkanes of at least 4 members (excludes halogenated alkanes) is 1. The lowest BCUT2D eigenvalue weighted by Gasteiger charge is -2.25. The number of rotatable bonds is 8. The summed E-state index contributed by atoms with van der Waals surface area (Å²) < 4.78 is 27.4. The molecule has 0 bridgehead atoms. The Morgan fingerprint density at radius 1 is 1.22 bits per heavy atom. The molecule has 2 heterocycles. The Bertz CT molecular complexity index is 918. The highest BCUT2D eigenvalue weighted by Gasteiger charge is 2.32. The van der Waals surface area contributed by atoms with Gasteiger partial charge in [-0.1, -0.05) is 32.4 Å². The molecule has 0 amide bonds. The van der Waals surface area contributed by atoms with Gasteiger partial charge in [0.25, 0.3) is 0 Å². The van der Waals surface area contributed by atoms with E-state index >= 15 is 0 Å². The van der Waals surface area contributed by atoms with E-state index in [9.17, 15) is 8.42 Å². The highest BCUT2D eigenvalue weighted by Crippen LogP contribution is 2.18. The fraction of sp³-hybridized carbons (Fsp3) is 0.611. The van der Waals surface area contributed by atoms with E-state index in [2.05, 4.69) is 34.4 Å². The Kier molecular flexibility index (Phi) is 6.44. The van der Waals surface area contributed by atoms with Crippen molar-refractivity contribution in [3.05, 3.63) is 34.6 Å². The van der Waals surface area contributed by atoms with E-state index in [0.29, 0.717) is 17.9 Å². The normalized spacial score (nSPS) is 19.0. The number of benzene rings is 1. The maximum Gasteiger partial charge on any atom is 0.221 e. The van der Waals surface area contributed by atoms with E-state index in [1.807, 2.05) is 19.1 Å². The quantitative estimate of drug-likeness (QED) is 0.624. The summed E-state index contributed by atoms with van der Waals surface area (Å²) in [5, 5.41) is 8.39. The zero-order chi connectivity index (χ0) is 19.4. The van der Waals surface area contributed by atoms with Crippen molar-refractivity contribution >= 4 is 22.1 Å². The van der Waals surface area contributed by atoms with Gasteiger partial charge in [0.2, 0.25) is 4.77 Å². The number of hydrogen-bond donors (Lipinski definition) is 0. The second-order valence-corrected chi connectivity index (χ2v) is 9.64. The zero-order valence-corrected chi connectivity index (χ0v) is 17.5. The average Bonchev–Trinajstić information content (AvgIpc) is 3.20. The van der Waals surface area contributed by atoms with Crippen LogP contribution in [0.3, 0.4) is 0 Å². The minimum absolute atomic E-state index is 0.0184. The van der Waals surface area contributed by atoms with Crippen molar-refractivity contribution in [2.24, 2.45) is 0 Å². The fourth-order valence-corrected chi connectivity index (χ4v) is 5.42. The van der Waals surface area contributed by atoms with Crippen molar-refractivity contribution in [1.29, 1.82) is 0 Å². The van der Waals surface area contributed by atoms with E-state index in [0.717, 1.165) is 18.7 Å². The number of aromatic nitrogens is 4. The topological polar surface area (TPSA) is 73.0 Å². The van der Waals surface area contributed by atoms with Crippen molar-refractivity contribution in [3.63, 3.8) is 0 Å². The predicted molar refractivity (Wildman–Crippen MR) is 108 cm³/mol. The summed E-state index contributed by atoms with van der Waals surface area (Å²) in [6.45, 7) is 5.39. The van der Waals surface area contributed by atoms with Crippen LogP contribution < -0.4 is 0 Å². The van der Waals surface area contributed by atoms with Crippen LogP contribution in [-0.4, -0.2) is 57.2 Å². The SMILES string of the molecule is CCCCc1ccc(-n2nnn(CN(CC)[C@@H]3CCS(=O)(=O)C3)c2=S)cc1. The number of sulfone groups is 1. The van der Waals surface area contributed by atoms with E-state index in [1.54, 1.807) is 9.36 Å². The lowest BCUT2D eigenvalue weighted by Crippen LogP contribution is -2.37. The van der Waals surface area contributed by atoms with Crippen LogP contribution in [0, 0.1) is 4.77 Å². The Morgan fingerprint density at radius 3 is 2.56 bits per heavy atom. The third kappa shape index (κ3) is 4.83. The molecule has 148 valence electrons. The lowest BCUT2D eigenvalue weighted by molar-refractivity contribution is 0.162. The minimum atomic E-state index is -2.92. The minimum Gasteiger partial charge on any atom is -0.280 e. The first-order chi connectivity index (χ1) is 12.9. The van der Waals surface area contributed by atoms with Gasteiger partial charge in [-0.25, -0.2) is 13.1 Å². The van der Waals surface area contributed by atoms with Gasteiger partial charge in [-0.2, -0.15) is 4.68 Å². The fourth-order valence-electron chi connectivity index (χ4n) is 3.42. The maximum atomic E-state index is 11.8. The molecule has 1 saturated heterocycles. The Morgan fingerprint density at radius 2 is 1.96 bits per heavy atom. The molecule has 1 aliphatic heterocycles. The smallest absolute Gasteiger partial charge is 0.221 e. The van der Waals surface area contributed by atoms with E-state index in [-0.39, 0.29) is 17.5 Å². The van der Waals surface area contributed by atoms with E-state index in [4.69, 9.17) is 12.2 Å². The third-order valence-corrected chi connectivity index (χ3v) is 7.22. The van der Waals surface area contributed by atoms with Crippen LogP contribution in [0.25, 0.3) is 5.69 Å². The van der Waals surface area contributed by atoms with Gasteiger partial charge in [0.1, 0.15) is 0 Å². The molecule has 0 radical (unpaired) electrons. The molecule has 1 atom stereocenters. The summed E-state index contributed by atoms with van der Waals surface area (Å²) in [4.78, 5) is 2.10. The molecule has 0 unspecified atom stereocenters. The summed E-state index contributed by atoms with van der Waals surface area (Å²) in [5.74, 6) is 0.470. The van der Waals surface area contributed by atoms with Crippen molar-refractivity contribution < 1.29 is 8.42 Å². The van der Waals surface area contributed by atoms with Crippen LogP contribution in [0.4, 0.5) is 0 Å². The van der Waals surface area contributed by atoms with Crippen LogP contribution in [0.15, 0.2) is 24.3 Å². The van der Waals surface area contributed by atoms with Crippen molar-refractivity contribution in [2.75, 3.05) is 18.1 Å². The highest BCUT2D eigenvalue weighted by atomic mass is 32.2. The van der Waals surface area contributed by atoms with E-state index in [1.165, 1.54) is 18.4 Å². The molecular weight excluding hydrogens is 382 g/mol. The molecule has 0 aliphatic carbocycles. The molecule has 1 aromatic heterocycles. The van der Waals surface area contributed by atoms with Gasteiger partial charge in [-0.15, -0.1) is 0 Å². The molecule has 2 aromatic rings. The van der Waals surface area contributed by atoms with Crippen LogP contribution in [0.5, 0.6) is 0 Å². The zero-order valence-electron chi connectivity index (χ0n) is 15.9. The Hall–Kier alpha value is -1.58. The summed E-state index contributed by atoms with van der Waals surface area (Å²) in [5.41, 5.74) is 2.19. The van der Waals surface area contributed by atoms with Crippen molar-refractivity contribution in [2.45, 2.75) is 52.2 Å². The van der Waals surface area contributed by atoms with Crippen LogP contribution >= 0.6 is 12.2 Å². The predicted octanol–water partition coefficient (Wildman–Crippen LogP) is 2.61. The first-order valence-electron chi connectivity index (χ1n) is 9.50. The molecule has 27 heavy (non-hydrogen) atoms. The first kappa shape index (κ1) is 20.2. The monoisotopic (exact) mass is 409 g/mol. The second kappa shape index (κ2) is 8.62. The number of hydrogen-bond acceptors (Lipinski definition) is 6. The highest BCUT2D eigenvalue weighted by molar-refractivity contribution is 7.91. The van der Waals surface area contributed by atoms with Crippen LogP contribution in [0.1, 0.15) is 38.7 Å². The molecular formula is C18H27N5O2S2. The van der Waals surface area contributed by atoms with E-state index < -0.39 is 9.84 Å². The molecule has 0 spiro atoms. The third-order valence-electron chi connectivity index (χ3n) is 5.09. The largest absolute Gasteiger partial charge is 0.280 e. The summed E-state index contributed by atoms with van der Waals surface area (Å²) in [6, 6.07) is 8.26. The van der Waals surface area contributed by atoms with Crippen LogP contribution in [-0.2, 0) is 22.9 Å². The van der Waals surface area contributed by atoms with Gasteiger partial charge >= 0.3 is 0 Å². The van der Waals surface area contributed by atoms with Crippen LogP contribution in [0.2, 0.25) is 0 Å². The number of aryl methyl sites for hydroxylation is 1. The molecule has 0 N–H and O–H groups in total. The second-order valence-electron chi connectivity index (χ2n) is 7.05. The summed E-state index contributed by atoms with van der Waals surface area (Å²) >= 11 is 5.55. The maximum absolute atomic E-state index is 11.8. The van der Waals surface area contributed by atoms with Gasteiger partial charge in [0.15, 0.2) is 9.84 Å². The van der Waals surface area contributed by atoms with Crippen molar-refractivity contribution in [3.8, 4) is 5.69 Å². The Labute approximate surface area is 165 Å². The molecule has 3 rings (SSSR count). The first-order valence-corrected chi connectivity index (χ1v) is 11.7. The average molecular weight is 410 g/mol. The number of tetrazole rings is 1. The number of nitrogens with zero attached hydrogens (tertiary/aromatic N) is 5. The summed E-state index contributed by atoms with van der Waals surface area (Å²) in [6.07, 6.45) is 4.09. The molecule has 9 heteroatoms. The molecule has 1 aromatic carbocycles. The van der Waals surface area contributed by atoms with Gasteiger partial charge in [0, 0.05) is 6.04 Å². The van der Waals surface area contributed by atoms with Gasteiger partial charge in [-0.05, 0) is 66.1 Å².